The van der Waals surface area contributed by atoms with Gasteiger partial charge in [-0.15, -0.1) is 10.2 Å². The summed E-state index contributed by atoms with van der Waals surface area (Å²) in [6.45, 7) is 3.51. The van der Waals surface area contributed by atoms with Crippen LogP contribution < -0.4 is 0 Å². The average Bonchev–Trinajstić information content (AvgIpc) is 3.40. The first kappa shape index (κ1) is 24.6. The largest absolute Gasteiger partial charge is 0.256 e. The van der Waals surface area contributed by atoms with Crippen LogP contribution in [0.3, 0.4) is 0 Å². The van der Waals surface area contributed by atoms with Crippen LogP contribution in [-0.2, 0) is 20.3 Å². The Balaban J connectivity index is 1.62. The smallest absolute Gasteiger partial charge is 0.174 e. The fourth-order valence-electron chi connectivity index (χ4n) is 4.12. The summed E-state index contributed by atoms with van der Waals surface area (Å²) in [5.41, 5.74) is 8.72. The van der Waals surface area contributed by atoms with Crippen LogP contribution in [0.2, 0.25) is 0 Å². The number of hydrogen-bond donors (Lipinski definition) is 0. The highest BCUT2D eigenvalue weighted by atomic mass is 32.2. The number of thioether (sulfide) groups is 1. The Bertz CT molecular complexity index is 1650. The van der Waals surface area contributed by atoms with Gasteiger partial charge in [0.2, 0.25) is 0 Å². The Labute approximate surface area is 219 Å². The molecule has 0 aliphatic heterocycles. The van der Waals surface area contributed by atoms with E-state index < -0.39 is 14.6 Å². The molecule has 0 unspecified atom stereocenters. The van der Waals surface area contributed by atoms with E-state index in [4.69, 9.17) is 0 Å². The number of benzene rings is 3. The molecule has 0 radical (unpaired) electrons. The molecule has 8 heteroatoms. The van der Waals surface area contributed by atoms with Crippen molar-refractivity contribution in [2.75, 3.05) is 6.26 Å². The third-order valence-electron chi connectivity index (χ3n) is 6.52. The summed E-state index contributed by atoms with van der Waals surface area (Å²) in [5, 5.41) is 8.99. The van der Waals surface area contributed by atoms with E-state index in [1.54, 1.807) is 48.7 Å². The van der Waals surface area contributed by atoms with Crippen LogP contribution in [0.15, 0.2) is 88.8 Å². The molecule has 0 aliphatic carbocycles. The molecule has 5 nitrogen and oxygen atoms in total. The van der Waals surface area contributed by atoms with E-state index in [1.165, 1.54) is 11.8 Å². The maximum Gasteiger partial charge on any atom is 0.174 e. The van der Waals surface area contributed by atoms with Crippen molar-refractivity contribution in [2.24, 2.45) is 0 Å². The molecule has 0 saturated carbocycles. The summed E-state index contributed by atoms with van der Waals surface area (Å²) in [5.74, 6) is 0.790. The van der Waals surface area contributed by atoms with E-state index in [9.17, 15) is 8.42 Å². The molecule has 0 saturated heterocycles. The highest BCUT2D eigenvalue weighted by Crippen LogP contribution is 2.38. The van der Waals surface area contributed by atoms with Crippen LogP contribution in [0, 0.1) is 0 Å². The van der Waals surface area contributed by atoms with Gasteiger partial charge in [0.1, 0.15) is 5.51 Å². The van der Waals surface area contributed by atoms with Crippen LogP contribution in [0.4, 0.5) is 0 Å². The topological polar surface area (TPSA) is 72.8 Å². The molecule has 0 spiro atoms. The van der Waals surface area contributed by atoms with Gasteiger partial charge >= 0.3 is 0 Å². The van der Waals surface area contributed by atoms with Crippen molar-refractivity contribution in [3.8, 4) is 22.3 Å². The Morgan fingerprint density at radius 3 is 2.44 bits per heavy atom. The van der Waals surface area contributed by atoms with E-state index in [0.717, 1.165) is 48.8 Å². The Morgan fingerprint density at radius 1 is 0.917 bits per heavy atom. The van der Waals surface area contributed by atoms with E-state index in [1.807, 2.05) is 36.4 Å². The lowest BCUT2D eigenvalue weighted by molar-refractivity contribution is 0.561. The van der Waals surface area contributed by atoms with Gasteiger partial charge in [0.05, 0.1) is 10.3 Å². The van der Waals surface area contributed by atoms with E-state index >= 15 is 0 Å². The highest BCUT2D eigenvalue weighted by Gasteiger charge is 2.33. The first-order chi connectivity index (χ1) is 17.2. The molecule has 36 heavy (non-hydrogen) atoms. The van der Waals surface area contributed by atoms with Gasteiger partial charge < -0.3 is 0 Å². The molecule has 5 aromatic rings. The summed E-state index contributed by atoms with van der Waals surface area (Å²) in [6.07, 6.45) is 3.06. The number of sulfone groups is 1. The number of nitrogens with zero attached hydrogens (tertiary/aromatic N) is 3. The summed E-state index contributed by atoms with van der Waals surface area (Å²) in [7, 11) is -3.34. The standard InChI is InChI=1S/C28H25N3O2S3/c1-28(2,36(3,32)33)23-15-21-11-7-13-29-26(21)25(16-23)20-10-6-9-19(14-20)24-12-5-4-8-22(24)17-34-27-31-30-18-35-27/h4-16,18H,17H2,1-3H3. The van der Waals surface area contributed by atoms with Gasteiger partial charge in [-0.25, -0.2) is 8.42 Å². The molecule has 2 heterocycles. The SMILES string of the molecule is CC(C)(c1cc(-c2cccc(-c3ccccc3CSc3nncs3)c2)c2ncccc2c1)S(C)(=O)=O. The maximum atomic E-state index is 12.6. The van der Waals surface area contributed by atoms with Crippen molar-refractivity contribution >= 4 is 43.8 Å². The fourth-order valence-corrected chi connectivity index (χ4v) is 6.16. The molecule has 0 N–H and O–H groups in total. The first-order valence-electron chi connectivity index (χ1n) is 11.4. The predicted molar refractivity (Wildman–Crippen MR) is 150 cm³/mol. The molecular formula is C28H25N3O2S3. The third-order valence-corrected chi connectivity index (χ3v) is 10.5. The predicted octanol–water partition coefficient (Wildman–Crippen LogP) is 6.99. The molecule has 0 aliphatic rings. The van der Waals surface area contributed by atoms with Gasteiger partial charge in [0.15, 0.2) is 14.2 Å². The van der Waals surface area contributed by atoms with Gasteiger partial charge in [-0.05, 0) is 65.9 Å². The fraction of sp³-hybridized carbons (Fsp3) is 0.179. The van der Waals surface area contributed by atoms with Crippen molar-refractivity contribution in [3.05, 3.63) is 95.6 Å². The molecular weight excluding hydrogens is 507 g/mol. The summed E-state index contributed by atoms with van der Waals surface area (Å²) < 4.78 is 25.2. The normalized spacial score (nSPS) is 12.2. The van der Waals surface area contributed by atoms with Gasteiger partial charge in [0.25, 0.3) is 0 Å². The summed E-state index contributed by atoms with van der Waals surface area (Å²) in [4.78, 5) is 4.66. The number of aromatic nitrogens is 3. The quantitative estimate of drug-likeness (QED) is 0.211. The number of rotatable bonds is 7. The zero-order chi connectivity index (χ0) is 25.3. The maximum absolute atomic E-state index is 12.6. The minimum atomic E-state index is -3.34. The van der Waals surface area contributed by atoms with Crippen molar-refractivity contribution in [2.45, 2.75) is 28.7 Å². The van der Waals surface area contributed by atoms with Crippen molar-refractivity contribution in [1.82, 2.24) is 15.2 Å². The van der Waals surface area contributed by atoms with Crippen molar-refractivity contribution in [1.29, 1.82) is 0 Å². The van der Waals surface area contributed by atoms with Crippen molar-refractivity contribution in [3.63, 3.8) is 0 Å². The second-order valence-corrected chi connectivity index (χ2v) is 13.7. The first-order valence-corrected chi connectivity index (χ1v) is 15.2. The molecule has 0 atom stereocenters. The lowest BCUT2D eigenvalue weighted by atomic mass is 9.91. The Kier molecular flexibility index (Phi) is 6.68. The van der Waals surface area contributed by atoms with Gasteiger partial charge in [-0.3, -0.25) is 4.98 Å². The molecule has 5 rings (SSSR count). The van der Waals surface area contributed by atoms with E-state index in [2.05, 4.69) is 51.6 Å². The second-order valence-electron chi connectivity index (χ2n) is 9.11. The van der Waals surface area contributed by atoms with E-state index in [-0.39, 0.29) is 0 Å². The molecule has 0 amide bonds. The van der Waals surface area contributed by atoms with E-state index in [0.29, 0.717) is 0 Å². The number of fused-ring (bicyclic) bond motifs is 1. The van der Waals surface area contributed by atoms with Crippen LogP contribution >= 0.6 is 23.1 Å². The summed E-state index contributed by atoms with van der Waals surface area (Å²) in [6, 6.07) is 24.5. The zero-order valence-electron chi connectivity index (χ0n) is 20.2. The van der Waals surface area contributed by atoms with Crippen LogP contribution in [0.1, 0.15) is 25.0 Å². The lowest BCUT2D eigenvalue weighted by Crippen LogP contribution is -2.28. The van der Waals surface area contributed by atoms with Crippen molar-refractivity contribution < 1.29 is 8.42 Å². The molecule has 182 valence electrons. The number of hydrogen-bond acceptors (Lipinski definition) is 7. The van der Waals surface area contributed by atoms with Gasteiger partial charge in [-0.2, -0.15) is 0 Å². The average molecular weight is 532 g/mol. The second kappa shape index (κ2) is 9.76. The minimum absolute atomic E-state index is 0.750. The molecule has 0 fully saturated rings. The number of pyridine rings is 1. The Morgan fingerprint density at radius 2 is 1.69 bits per heavy atom. The highest BCUT2D eigenvalue weighted by molar-refractivity contribution is 8.00. The molecule has 3 aromatic carbocycles. The Hall–Kier alpha value is -3.07. The third kappa shape index (κ3) is 4.81. The van der Waals surface area contributed by atoms with Crippen LogP contribution in [-0.4, -0.2) is 29.9 Å². The van der Waals surface area contributed by atoms with Crippen LogP contribution in [0.5, 0.6) is 0 Å². The van der Waals surface area contributed by atoms with Gasteiger partial charge in [0, 0.05) is 29.2 Å². The molecule has 2 aromatic heterocycles. The molecule has 0 bridgehead atoms. The minimum Gasteiger partial charge on any atom is -0.256 e. The van der Waals surface area contributed by atoms with Crippen LogP contribution in [0.25, 0.3) is 33.2 Å². The summed E-state index contributed by atoms with van der Waals surface area (Å²) >= 11 is 3.22. The monoisotopic (exact) mass is 531 g/mol. The van der Waals surface area contributed by atoms with Gasteiger partial charge in [-0.1, -0.05) is 71.6 Å². The zero-order valence-corrected chi connectivity index (χ0v) is 22.6. The lowest BCUT2D eigenvalue weighted by Gasteiger charge is -2.24.